The zero-order valence-electron chi connectivity index (χ0n) is 15.6. The fourth-order valence-electron chi connectivity index (χ4n) is 3.38. The number of aryl methyl sites for hydroxylation is 1. The second-order valence-electron chi connectivity index (χ2n) is 7.18. The third-order valence-corrected chi connectivity index (χ3v) is 4.85. The lowest BCUT2D eigenvalue weighted by Crippen LogP contribution is -2.48. The van der Waals surface area contributed by atoms with Crippen LogP contribution in [0, 0.1) is 11.7 Å². The van der Waals surface area contributed by atoms with Crippen LogP contribution in [0.15, 0.2) is 42.5 Å². The molecule has 3 rings (SSSR count). The molecule has 4 nitrogen and oxygen atoms in total. The summed E-state index contributed by atoms with van der Waals surface area (Å²) in [6.07, 6.45) is -4.14. The van der Waals surface area contributed by atoms with Gasteiger partial charge in [-0.05, 0) is 36.2 Å². The van der Waals surface area contributed by atoms with Crippen LogP contribution in [0.5, 0.6) is 5.75 Å². The van der Waals surface area contributed by atoms with Crippen LogP contribution < -0.4 is 4.74 Å². The normalized spacial score (nSPS) is 15.2. The molecular formula is C21H21F4NO3. The van der Waals surface area contributed by atoms with Gasteiger partial charge in [-0.2, -0.15) is 13.2 Å². The fraction of sp³-hybridized carbons (Fsp3) is 0.381. The number of benzene rings is 2. The first-order valence-corrected chi connectivity index (χ1v) is 9.23. The Labute approximate surface area is 165 Å². The van der Waals surface area contributed by atoms with Gasteiger partial charge in [0.2, 0.25) is 0 Å². The van der Waals surface area contributed by atoms with Crippen molar-refractivity contribution < 1.29 is 32.2 Å². The summed E-state index contributed by atoms with van der Waals surface area (Å²) in [5, 5.41) is 8.75. The predicted octanol–water partition coefficient (Wildman–Crippen LogP) is 4.37. The van der Waals surface area contributed by atoms with Crippen LogP contribution in [0.1, 0.15) is 23.1 Å². The smallest absolute Gasteiger partial charge is 0.416 e. The highest BCUT2D eigenvalue weighted by Gasteiger charge is 2.36. The first-order valence-electron chi connectivity index (χ1n) is 9.23. The molecule has 2 aromatic carbocycles. The van der Waals surface area contributed by atoms with Crippen LogP contribution in [0.4, 0.5) is 17.6 Å². The highest BCUT2D eigenvalue weighted by Crippen LogP contribution is 2.34. The van der Waals surface area contributed by atoms with Crippen molar-refractivity contribution in [3.05, 3.63) is 65.0 Å². The van der Waals surface area contributed by atoms with Crippen LogP contribution >= 0.6 is 0 Å². The molecule has 0 amide bonds. The number of alkyl halides is 3. The van der Waals surface area contributed by atoms with E-state index in [0.717, 1.165) is 23.8 Å². The summed E-state index contributed by atoms with van der Waals surface area (Å²) in [6.45, 7) is 1.33. The third-order valence-electron chi connectivity index (χ3n) is 4.85. The quantitative estimate of drug-likeness (QED) is 0.656. The maximum Gasteiger partial charge on any atom is 0.416 e. The standard InChI is InChI=1S/C21H21F4NO3/c22-19-6-2-5-18(21(23,24)25)17(19)12-26-10-15(11-26)13-29-16-4-1-3-14(9-16)7-8-20(27)28/h1-6,9,15H,7-8,10-13H2,(H,27,28). The van der Waals surface area contributed by atoms with E-state index in [2.05, 4.69) is 0 Å². The molecule has 0 spiro atoms. The lowest BCUT2D eigenvalue weighted by atomic mass is 9.98. The Morgan fingerprint density at radius 3 is 2.59 bits per heavy atom. The van der Waals surface area contributed by atoms with E-state index in [1.165, 1.54) is 0 Å². The average molecular weight is 411 g/mol. The van der Waals surface area contributed by atoms with Gasteiger partial charge in [0, 0.05) is 37.5 Å². The molecule has 156 valence electrons. The van der Waals surface area contributed by atoms with E-state index in [-0.39, 0.29) is 24.4 Å². The van der Waals surface area contributed by atoms with Crippen molar-refractivity contribution in [2.75, 3.05) is 19.7 Å². The number of carbonyl (C=O) groups is 1. The monoisotopic (exact) mass is 411 g/mol. The molecule has 29 heavy (non-hydrogen) atoms. The van der Waals surface area contributed by atoms with Gasteiger partial charge in [0.05, 0.1) is 12.2 Å². The van der Waals surface area contributed by atoms with Gasteiger partial charge < -0.3 is 9.84 Å². The number of ether oxygens (including phenoxy) is 1. The lowest BCUT2D eigenvalue weighted by Gasteiger charge is -2.39. The molecular weight excluding hydrogens is 390 g/mol. The van der Waals surface area contributed by atoms with Crippen molar-refractivity contribution in [3.8, 4) is 5.75 Å². The molecule has 0 radical (unpaired) electrons. The first-order chi connectivity index (χ1) is 13.7. The summed E-state index contributed by atoms with van der Waals surface area (Å²) in [4.78, 5) is 12.4. The van der Waals surface area contributed by atoms with Crippen LogP contribution in [-0.2, 0) is 23.9 Å². The molecule has 0 aliphatic carbocycles. The van der Waals surface area contributed by atoms with E-state index in [0.29, 0.717) is 31.9 Å². The van der Waals surface area contributed by atoms with Gasteiger partial charge in [-0.25, -0.2) is 4.39 Å². The Morgan fingerprint density at radius 2 is 1.90 bits per heavy atom. The van der Waals surface area contributed by atoms with Gasteiger partial charge >= 0.3 is 12.1 Å². The average Bonchev–Trinajstić information content (AvgIpc) is 2.62. The number of hydrogen-bond acceptors (Lipinski definition) is 3. The van der Waals surface area contributed by atoms with Gasteiger partial charge in [0.25, 0.3) is 0 Å². The Morgan fingerprint density at radius 1 is 1.17 bits per heavy atom. The van der Waals surface area contributed by atoms with Crippen molar-refractivity contribution in [1.82, 2.24) is 4.90 Å². The number of likely N-dealkylation sites (tertiary alicyclic amines) is 1. The van der Waals surface area contributed by atoms with Crippen molar-refractivity contribution in [2.45, 2.75) is 25.6 Å². The zero-order chi connectivity index (χ0) is 21.0. The van der Waals surface area contributed by atoms with Gasteiger partial charge in [-0.3, -0.25) is 9.69 Å². The number of halogens is 4. The summed E-state index contributed by atoms with van der Waals surface area (Å²) in [5.74, 6) is -0.953. The number of nitrogens with zero attached hydrogens (tertiary/aromatic N) is 1. The maximum absolute atomic E-state index is 13.9. The third kappa shape index (κ3) is 5.69. The number of rotatable bonds is 8. The summed E-state index contributed by atoms with van der Waals surface area (Å²) in [7, 11) is 0. The lowest BCUT2D eigenvalue weighted by molar-refractivity contribution is -0.139. The van der Waals surface area contributed by atoms with Crippen molar-refractivity contribution in [1.29, 1.82) is 0 Å². The molecule has 0 atom stereocenters. The van der Waals surface area contributed by atoms with Crippen LogP contribution in [0.3, 0.4) is 0 Å². The molecule has 2 aromatic rings. The predicted molar refractivity (Wildman–Crippen MR) is 98.1 cm³/mol. The van der Waals surface area contributed by atoms with E-state index in [1.807, 2.05) is 6.07 Å². The van der Waals surface area contributed by atoms with Crippen LogP contribution in [-0.4, -0.2) is 35.7 Å². The van der Waals surface area contributed by atoms with E-state index in [1.54, 1.807) is 23.1 Å². The summed E-state index contributed by atoms with van der Waals surface area (Å²) >= 11 is 0. The molecule has 8 heteroatoms. The topological polar surface area (TPSA) is 49.8 Å². The van der Waals surface area contributed by atoms with E-state index < -0.39 is 23.5 Å². The molecule has 1 saturated heterocycles. The molecule has 1 aliphatic rings. The minimum atomic E-state index is -4.59. The minimum absolute atomic E-state index is 0.0387. The second-order valence-corrected chi connectivity index (χ2v) is 7.18. The number of hydrogen-bond donors (Lipinski definition) is 1. The minimum Gasteiger partial charge on any atom is -0.493 e. The summed E-state index contributed by atoms with van der Waals surface area (Å²) in [6, 6.07) is 10.2. The number of carboxylic acid groups (broad SMARTS) is 1. The number of aliphatic carboxylic acids is 1. The van der Waals surface area contributed by atoms with Crippen LogP contribution in [0.2, 0.25) is 0 Å². The van der Waals surface area contributed by atoms with Gasteiger partial charge in [-0.15, -0.1) is 0 Å². The van der Waals surface area contributed by atoms with Crippen molar-refractivity contribution in [2.24, 2.45) is 5.92 Å². The Balaban J connectivity index is 1.49. The Bertz CT molecular complexity index is 863. The molecule has 0 aromatic heterocycles. The molecule has 0 saturated carbocycles. The zero-order valence-corrected chi connectivity index (χ0v) is 15.6. The molecule has 1 N–H and O–H groups in total. The van der Waals surface area contributed by atoms with Crippen molar-refractivity contribution in [3.63, 3.8) is 0 Å². The van der Waals surface area contributed by atoms with Crippen LogP contribution in [0.25, 0.3) is 0 Å². The maximum atomic E-state index is 13.9. The van der Waals surface area contributed by atoms with E-state index in [4.69, 9.17) is 9.84 Å². The largest absolute Gasteiger partial charge is 0.493 e. The highest BCUT2D eigenvalue weighted by molar-refractivity contribution is 5.67. The van der Waals surface area contributed by atoms with E-state index >= 15 is 0 Å². The SMILES string of the molecule is O=C(O)CCc1cccc(OCC2CN(Cc3c(F)cccc3C(F)(F)F)C2)c1. The van der Waals surface area contributed by atoms with E-state index in [9.17, 15) is 22.4 Å². The van der Waals surface area contributed by atoms with Gasteiger partial charge in [0.1, 0.15) is 11.6 Å². The number of carboxylic acids is 1. The Hall–Kier alpha value is -2.61. The molecule has 1 aliphatic heterocycles. The first kappa shape index (κ1) is 21.1. The second kappa shape index (κ2) is 8.82. The molecule has 0 unspecified atom stereocenters. The summed E-state index contributed by atoms with van der Waals surface area (Å²) in [5.41, 5.74) is -0.403. The fourth-order valence-corrected chi connectivity index (χ4v) is 3.38. The van der Waals surface area contributed by atoms with Gasteiger partial charge in [-0.1, -0.05) is 18.2 Å². The Kier molecular flexibility index (Phi) is 6.42. The summed E-state index contributed by atoms with van der Waals surface area (Å²) < 4.78 is 58.9. The van der Waals surface area contributed by atoms with Crippen molar-refractivity contribution >= 4 is 5.97 Å². The molecule has 1 fully saturated rings. The highest BCUT2D eigenvalue weighted by atomic mass is 19.4. The molecule has 0 bridgehead atoms. The molecule has 1 heterocycles. The van der Waals surface area contributed by atoms with Gasteiger partial charge in [0.15, 0.2) is 0 Å².